The zero-order chi connectivity index (χ0) is 13.1. The van der Waals surface area contributed by atoms with Gasteiger partial charge in [0.2, 0.25) is 5.95 Å². The first-order chi connectivity index (χ1) is 8.56. The predicted octanol–water partition coefficient (Wildman–Crippen LogP) is 2.88. The van der Waals surface area contributed by atoms with E-state index >= 15 is 0 Å². The van der Waals surface area contributed by atoms with Crippen molar-refractivity contribution in [3.8, 4) is 0 Å². The Kier molecular flexibility index (Phi) is 3.43. The fraction of sp³-hybridized carbons (Fsp3) is 0.0833. The van der Waals surface area contributed by atoms with Crippen molar-refractivity contribution < 1.29 is 9.90 Å². The summed E-state index contributed by atoms with van der Waals surface area (Å²) in [6.07, 6.45) is 3.34. The van der Waals surface area contributed by atoms with Crippen molar-refractivity contribution in [2.24, 2.45) is 0 Å². The summed E-state index contributed by atoms with van der Waals surface area (Å²) < 4.78 is 0. The van der Waals surface area contributed by atoms with Gasteiger partial charge in [0, 0.05) is 18.1 Å². The molecule has 18 heavy (non-hydrogen) atoms. The Morgan fingerprint density at radius 3 is 2.61 bits per heavy atom. The summed E-state index contributed by atoms with van der Waals surface area (Å²) in [6, 6.07) is 4.62. The van der Waals surface area contributed by atoms with Crippen molar-refractivity contribution in [2.75, 3.05) is 5.32 Å². The van der Waals surface area contributed by atoms with E-state index < -0.39 is 5.97 Å². The average Bonchev–Trinajstić information content (AvgIpc) is 2.34. The molecule has 0 saturated heterocycles. The molecule has 1 aromatic carbocycles. The fourth-order valence-corrected chi connectivity index (χ4v) is 1.55. The number of hydrogen-bond donors (Lipinski definition) is 2. The van der Waals surface area contributed by atoms with Crippen LogP contribution in [0.2, 0.25) is 5.02 Å². The molecule has 0 bridgehead atoms. The van der Waals surface area contributed by atoms with Crippen LogP contribution in [0.4, 0.5) is 11.6 Å². The molecule has 0 amide bonds. The third kappa shape index (κ3) is 2.75. The molecular weight excluding hydrogens is 254 g/mol. The summed E-state index contributed by atoms with van der Waals surface area (Å²) in [7, 11) is 0. The van der Waals surface area contributed by atoms with Gasteiger partial charge in [0.25, 0.3) is 0 Å². The highest BCUT2D eigenvalue weighted by molar-refractivity contribution is 6.33. The minimum Gasteiger partial charge on any atom is -0.478 e. The number of nitrogens with one attached hydrogen (secondary N) is 1. The second-order valence-corrected chi connectivity index (χ2v) is 4.12. The Hall–Kier alpha value is -2.14. The number of aromatic carboxylic acids is 1. The number of rotatable bonds is 3. The molecule has 5 nitrogen and oxygen atoms in total. The van der Waals surface area contributed by atoms with Gasteiger partial charge >= 0.3 is 5.97 Å². The van der Waals surface area contributed by atoms with Crippen molar-refractivity contribution in [1.29, 1.82) is 0 Å². The van der Waals surface area contributed by atoms with Crippen LogP contribution in [0, 0.1) is 6.92 Å². The third-order valence-electron chi connectivity index (χ3n) is 2.23. The number of aryl methyl sites for hydroxylation is 1. The first-order valence-corrected chi connectivity index (χ1v) is 5.52. The smallest absolute Gasteiger partial charge is 0.337 e. The third-order valence-corrected chi connectivity index (χ3v) is 2.56. The Bertz CT molecular complexity index is 584. The molecule has 6 heteroatoms. The highest BCUT2D eigenvalue weighted by Crippen LogP contribution is 2.22. The first kappa shape index (κ1) is 12.3. The van der Waals surface area contributed by atoms with Gasteiger partial charge in [0.1, 0.15) is 0 Å². The summed E-state index contributed by atoms with van der Waals surface area (Å²) in [6.45, 7) is 1.88. The molecule has 0 radical (unpaired) electrons. The van der Waals surface area contributed by atoms with Crippen LogP contribution >= 0.6 is 11.6 Å². The summed E-state index contributed by atoms with van der Waals surface area (Å²) in [5.74, 6) is -0.673. The number of halogens is 1. The van der Waals surface area contributed by atoms with Crippen LogP contribution in [0.5, 0.6) is 0 Å². The molecule has 0 fully saturated rings. The van der Waals surface area contributed by atoms with Gasteiger partial charge in [-0.3, -0.25) is 0 Å². The topological polar surface area (TPSA) is 75.1 Å². The number of benzene rings is 1. The Morgan fingerprint density at radius 1 is 1.33 bits per heavy atom. The van der Waals surface area contributed by atoms with Gasteiger partial charge in [0.15, 0.2) is 0 Å². The van der Waals surface area contributed by atoms with Gasteiger partial charge in [-0.2, -0.15) is 0 Å². The van der Waals surface area contributed by atoms with Crippen LogP contribution in [0.15, 0.2) is 30.6 Å². The number of carboxylic acid groups (broad SMARTS) is 1. The average molecular weight is 264 g/mol. The minimum atomic E-state index is -1.08. The van der Waals surface area contributed by atoms with Gasteiger partial charge < -0.3 is 10.4 Å². The van der Waals surface area contributed by atoms with Crippen molar-refractivity contribution >= 4 is 29.2 Å². The van der Waals surface area contributed by atoms with Crippen molar-refractivity contribution in [1.82, 2.24) is 9.97 Å². The van der Waals surface area contributed by atoms with Crippen LogP contribution in [-0.4, -0.2) is 21.0 Å². The van der Waals surface area contributed by atoms with Crippen LogP contribution in [-0.2, 0) is 0 Å². The molecule has 2 aromatic rings. The number of anilines is 2. The zero-order valence-electron chi connectivity index (χ0n) is 9.51. The lowest BCUT2D eigenvalue weighted by atomic mass is 10.2. The monoisotopic (exact) mass is 263 g/mol. The molecule has 2 N–H and O–H groups in total. The molecule has 0 spiro atoms. The van der Waals surface area contributed by atoms with E-state index in [4.69, 9.17) is 16.7 Å². The van der Waals surface area contributed by atoms with Gasteiger partial charge in [-0.05, 0) is 30.7 Å². The number of carboxylic acids is 1. The highest BCUT2D eigenvalue weighted by Gasteiger charge is 2.09. The molecule has 92 valence electrons. The molecule has 0 saturated carbocycles. The second kappa shape index (κ2) is 5.01. The van der Waals surface area contributed by atoms with Gasteiger partial charge in [-0.1, -0.05) is 11.6 Å². The normalized spacial score (nSPS) is 10.1. The highest BCUT2D eigenvalue weighted by atomic mass is 35.5. The van der Waals surface area contributed by atoms with E-state index in [0.717, 1.165) is 5.56 Å². The molecular formula is C12H10ClN3O2. The zero-order valence-corrected chi connectivity index (χ0v) is 10.3. The Balaban J connectivity index is 2.27. The second-order valence-electron chi connectivity index (χ2n) is 3.71. The SMILES string of the molecule is Cc1cnc(Nc2ccc(Cl)c(C(=O)O)c2)nc1. The number of carbonyl (C=O) groups is 1. The maximum absolute atomic E-state index is 10.9. The van der Waals surface area contributed by atoms with E-state index in [1.807, 2.05) is 6.92 Å². The number of nitrogens with zero attached hydrogens (tertiary/aromatic N) is 2. The van der Waals surface area contributed by atoms with Crippen molar-refractivity contribution in [3.63, 3.8) is 0 Å². The van der Waals surface area contributed by atoms with Crippen molar-refractivity contribution in [2.45, 2.75) is 6.92 Å². The van der Waals surface area contributed by atoms with Gasteiger partial charge in [-0.15, -0.1) is 0 Å². The maximum atomic E-state index is 10.9. The molecule has 0 atom stereocenters. The van der Waals surface area contributed by atoms with E-state index in [0.29, 0.717) is 11.6 Å². The summed E-state index contributed by atoms with van der Waals surface area (Å²) in [5, 5.41) is 12.1. The fourth-order valence-electron chi connectivity index (χ4n) is 1.35. The summed E-state index contributed by atoms with van der Waals surface area (Å²) in [5.41, 5.74) is 1.55. The number of hydrogen-bond acceptors (Lipinski definition) is 4. The van der Waals surface area contributed by atoms with E-state index in [9.17, 15) is 4.79 Å². The van der Waals surface area contributed by atoms with Crippen LogP contribution in [0.3, 0.4) is 0 Å². The van der Waals surface area contributed by atoms with Crippen molar-refractivity contribution in [3.05, 3.63) is 46.7 Å². The van der Waals surface area contributed by atoms with Gasteiger partial charge in [0.05, 0.1) is 10.6 Å². The quantitative estimate of drug-likeness (QED) is 0.891. The van der Waals surface area contributed by atoms with Gasteiger partial charge in [-0.25, -0.2) is 14.8 Å². The molecule has 0 aliphatic rings. The molecule has 0 aliphatic carbocycles. The molecule has 0 aliphatic heterocycles. The van der Waals surface area contributed by atoms with Crippen LogP contribution in [0.1, 0.15) is 15.9 Å². The summed E-state index contributed by atoms with van der Waals surface area (Å²) >= 11 is 5.78. The summed E-state index contributed by atoms with van der Waals surface area (Å²) in [4.78, 5) is 19.1. The largest absolute Gasteiger partial charge is 0.478 e. The lowest BCUT2D eigenvalue weighted by molar-refractivity contribution is 0.0697. The first-order valence-electron chi connectivity index (χ1n) is 5.15. The van der Waals surface area contributed by atoms with E-state index in [2.05, 4.69) is 15.3 Å². The predicted molar refractivity (Wildman–Crippen MR) is 68.5 cm³/mol. The van der Waals surface area contributed by atoms with Crippen LogP contribution < -0.4 is 5.32 Å². The Morgan fingerprint density at radius 2 is 2.00 bits per heavy atom. The standard InChI is InChI=1S/C12H10ClN3O2/c1-7-5-14-12(15-6-7)16-8-2-3-10(13)9(4-8)11(17)18/h2-6H,1H3,(H,17,18)(H,14,15,16). The minimum absolute atomic E-state index is 0.0359. The molecule has 1 heterocycles. The molecule has 2 rings (SSSR count). The van der Waals surface area contributed by atoms with Crippen LogP contribution in [0.25, 0.3) is 0 Å². The maximum Gasteiger partial charge on any atom is 0.337 e. The molecule has 0 unspecified atom stereocenters. The van der Waals surface area contributed by atoms with E-state index in [1.54, 1.807) is 18.5 Å². The lowest BCUT2D eigenvalue weighted by Crippen LogP contribution is -2.01. The Labute approximate surface area is 108 Å². The van der Waals surface area contributed by atoms with E-state index in [1.165, 1.54) is 12.1 Å². The van der Waals surface area contributed by atoms with E-state index in [-0.39, 0.29) is 10.6 Å². The molecule has 1 aromatic heterocycles. The number of aromatic nitrogens is 2. The lowest BCUT2D eigenvalue weighted by Gasteiger charge is -2.06.